The molecule has 0 spiro atoms. The maximum absolute atomic E-state index is 13.0. The van der Waals surface area contributed by atoms with Crippen LogP contribution in [0.1, 0.15) is 19.5 Å². The Kier molecular flexibility index (Phi) is 3.23. The average Bonchev–Trinajstić information content (AvgIpc) is 2.57. The SMILES string of the molecule is CC.Cc1cc2ccc(F)c(F)c2[nH]1. The molecule has 0 saturated carbocycles. The van der Waals surface area contributed by atoms with Crippen molar-refractivity contribution in [3.63, 3.8) is 0 Å². The monoisotopic (exact) mass is 197 g/mol. The number of aromatic nitrogens is 1. The molecule has 0 saturated heterocycles. The lowest BCUT2D eigenvalue weighted by Gasteiger charge is -1.92. The van der Waals surface area contributed by atoms with Crippen LogP contribution in [0.4, 0.5) is 8.78 Å². The minimum absolute atomic E-state index is 0.243. The van der Waals surface area contributed by atoms with Gasteiger partial charge in [0.2, 0.25) is 0 Å². The Bertz CT molecular complexity index is 432. The Morgan fingerprint density at radius 1 is 1.14 bits per heavy atom. The number of H-pyrrole nitrogens is 1. The van der Waals surface area contributed by atoms with E-state index in [2.05, 4.69) is 4.98 Å². The van der Waals surface area contributed by atoms with E-state index in [-0.39, 0.29) is 5.52 Å². The zero-order chi connectivity index (χ0) is 10.7. The molecule has 0 radical (unpaired) electrons. The van der Waals surface area contributed by atoms with Gasteiger partial charge in [-0.1, -0.05) is 13.8 Å². The highest BCUT2D eigenvalue weighted by Crippen LogP contribution is 2.20. The fraction of sp³-hybridized carbons (Fsp3) is 0.273. The quantitative estimate of drug-likeness (QED) is 0.661. The maximum Gasteiger partial charge on any atom is 0.182 e. The number of aryl methyl sites for hydroxylation is 1. The zero-order valence-corrected chi connectivity index (χ0v) is 8.49. The van der Waals surface area contributed by atoms with Gasteiger partial charge in [0, 0.05) is 11.1 Å². The second kappa shape index (κ2) is 4.22. The van der Waals surface area contributed by atoms with Crippen LogP contribution >= 0.6 is 0 Å². The Morgan fingerprint density at radius 2 is 1.79 bits per heavy atom. The summed E-state index contributed by atoms with van der Waals surface area (Å²) in [6.07, 6.45) is 0. The van der Waals surface area contributed by atoms with Crippen molar-refractivity contribution in [1.82, 2.24) is 4.98 Å². The van der Waals surface area contributed by atoms with Gasteiger partial charge in [0.25, 0.3) is 0 Å². The normalized spacial score (nSPS) is 9.79. The minimum Gasteiger partial charge on any atom is -0.356 e. The van der Waals surface area contributed by atoms with Gasteiger partial charge in [-0.2, -0.15) is 0 Å². The van der Waals surface area contributed by atoms with Crippen molar-refractivity contribution >= 4 is 10.9 Å². The van der Waals surface area contributed by atoms with Crippen LogP contribution in [0.2, 0.25) is 0 Å². The Labute approximate surface area is 81.8 Å². The summed E-state index contributed by atoms with van der Waals surface area (Å²) >= 11 is 0. The van der Waals surface area contributed by atoms with Crippen molar-refractivity contribution in [1.29, 1.82) is 0 Å². The molecule has 14 heavy (non-hydrogen) atoms. The third-order valence-corrected chi connectivity index (χ3v) is 1.82. The lowest BCUT2D eigenvalue weighted by atomic mass is 10.2. The summed E-state index contributed by atoms with van der Waals surface area (Å²) in [7, 11) is 0. The molecular weight excluding hydrogens is 184 g/mol. The lowest BCUT2D eigenvalue weighted by Crippen LogP contribution is -1.84. The van der Waals surface area contributed by atoms with E-state index in [1.807, 2.05) is 13.8 Å². The zero-order valence-electron chi connectivity index (χ0n) is 8.49. The summed E-state index contributed by atoms with van der Waals surface area (Å²) in [5.41, 5.74) is 1.07. The van der Waals surface area contributed by atoms with Crippen LogP contribution in [0.3, 0.4) is 0 Å². The summed E-state index contributed by atoms with van der Waals surface area (Å²) in [4.78, 5) is 2.75. The first-order valence-corrected chi connectivity index (χ1v) is 4.62. The highest BCUT2D eigenvalue weighted by atomic mass is 19.2. The van der Waals surface area contributed by atoms with Gasteiger partial charge in [-0.25, -0.2) is 8.78 Å². The fourth-order valence-corrected chi connectivity index (χ4v) is 1.28. The topological polar surface area (TPSA) is 15.8 Å². The van der Waals surface area contributed by atoms with Crippen LogP contribution in [-0.2, 0) is 0 Å². The van der Waals surface area contributed by atoms with E-state index >= 15 is 0 Å². The van der Waals surface area contributed by atoms with Crippen molar-refractivity contribution in [2.75, 3.05) is 0 Å². The summed E-state index contributed by atoms with van der Waals surface area (Å²) in [6.45, 7) is 5.80. The highest BCUT2D eigenvalue weighted by Gasteiger charge is 2.07. The molecule has 0 aliphatic carbocycles. The second-order valence-electron chi connectivity index (χ2n) is 2.78. The van der Waals surface area contributed by atoms with Crippen LogP contribution in [0, 0.1) is 18.6 Å². The first-order valence-electron chi connectivity index (χ1n) is 4.62. The second-order valence-corrected chi connectivity index (χ2v) is 2.78. The predicted octanol–water partition coefficient (Wildman–Crippen LogP) is 3.78. The molecule has 76 valence electrons. The first kappa shape index (κ1) is 10.7. The van der Waals surface area contributed by atoms with E-state index < -0.39 is 11.6 Å². The Balaban J connectivity index is 0.000000461. The summed E-state index contributed by atoms with van der Waals surface area (Å²) < 4.78 is 25.7. The molecule has 0 amide bonds. The molecule has 0 aliphatic rings. The van der Waals surface area contributed by atoms with E-state index in [1.165, 1.54) is 0 Å². The molecule has 1 nitrogen and oxygen atoms in total. The number of benzene rings is 1. The molecule has 0 atom stereocenters. The van der Waals surface area contributed by atoms with Crippen molar-refractivity contribution < 1.29 is 8.78 Å². The van der Waals surface area contributed by atoms with E-state index in [4.69, 9.17) is 0 Å². The van der Waals surface area contributed by atoms with Gasteiger partial charge >= 0.3 is 0 Å². The molecule has 0 unspecified atom stereocenters. The summed E-state index contributed by atoms with van der Waals surface area (Å²) in [5, 5.41) is 0.700. The van der Waals surface area contributed by atoms with Gasteiger partial charge in [-0.3, -0.25) is 0 Å². The van der Waals surface area contributed by atoms with Gasteiger partial charge in [0.05, 0.1) is 5.52 Å². The van der Waals surface area contributed by atoms with Crippen LogP contribution < -0.4 is 0 Å². The predicted molar refractivity (Wildman–Crippen MR) is 54.3 cm³/mol. The molecular formula is C11H13F2N. The van der Waals surface area contributed by atoms with Crippen molar-refractivity contribution in [3.8, 4) is 0 Å². The molecule has 1 aromatic carbocycles. The highest BCUT2D eigenvalue weighted by molar-refractivity contribution is 5.80. The molecule has 1 N–H and O–H groups in total. The van der Waals surface area contributed by atoms with Gasteiger partial charge in [0.1, 0.15) is 0 Å². The molecule has 0 fully saturated rings. The Hall–Kier alpha value is -1.38. The molecule has 1 heterocycles. The standard InChI is InChI=1S/C9H7F2N.C2H6/c1-5-4-6-2-3-7(10)8(11)9(6)12-5;1-2/h2-4,12H,1H3;1-2H3. The number of aromatic amines is 1. The minimum atomic E-state index is -0.815. The summed E-state index contributed by atoms with van der Waals surface area (Å²) in [6, 6.07) is 4.46. The van der Waals surface area contributed by atoms with Gasteiger partial charge in [-0.15, -0.1) is 0 Å². The van der Waals surface area contributed by atoms with Crippen molar-refractivity contribution in [2.45, 2.75) is 20.8 Å². The molecule has 2 rings (SSSR count). The van der Waals surface area contributed by atoms with Crippen LogP contribution in [0.15, 0.2) is 18.2 Å². The molecule has 2 aromatic rings. The van der Waals surface area contributed by atoms with Gasteiger partial charge < -0.3 is 4.98 Å². The first-order chi connectivity index (χ1) is 6.68. The molecule has 1 aromatic heterocycles. The smallest absolute Gasteiger partial charge is 0.182 e. The number of fused-ring (bicyclic) bond motifs is 1. The number of nitrogens with one attached hydrogen (secondary N) is 1. The number of hydrogen-bond acceptors (Lipinski definition) is 0. The van der Waals surface area contributed by atoms with E-state index in [9.17, 15) is 8.78 Å². The van der Waals surface area contributed by atoms with E-state index in [0.717, 1.165) is 11.8 Å². The fourth-order valence-electron chi connectivity index (χ4n) is 1.28. The number of hydrogen-bond donors (Lipinski definition) is 1. The van der Waals surface area contributed by atoms with Gasteiger partial charge in [0.15, 0.2) is 11.6 Å². The summed E-state index contributed by atoms with van der Waals surface area (Å²) in [5.74, 6) is -1.62. The van der Waals surface area contributed by atoms with E-state index in [0.29, 0.717) is 5.39 Å². The van der Waals surface area contributed by atoms with Crippen LogP contribution in [0.5, 0.6) is 0 Å². The third kappa shape index (κ3) is 1.76. The largest absolute Gasteiger partial charge is 0.356 e. The van der Waals surface area contributed by atoms with Crippen molar-refractivity contribution in [2.24, 2.45) is 0 Å². The van der Waals surface area contributed by atoms with Gasteiger partial charge in [-0.05, 0) is 25.1 Å². The van der Waals surface area contributed by atoms with Crippen molar-refractivity contribution in [3.05, 3.63) is 35.5 Å². The molecule has 0 aliphatic heterocycles. The van der Waals surface area contributed by atoms with E-state index in [1.54, 1.807) is 19.1 Å². The third-order valence-electron chi connectivity index (χ3n) is 1.82. The molecule has 3 heteroatoms. The van der Waals surface area contributed by atoms with Crippen LogP contribution in [0.25, 0.3) is 10.9 Å². The van der Waals surface area contributed by atoms with Crippen LogP contribution in [-0.4, -0.2) is 4.98 Å². The lowest BCUT2D eigenvalue weighted by molar-refractivity contribution is 0.515. The molecule has 0 bridgehead atoms. The maximum atomic E-state index is 13.0. The Morgan fingerprint density at radius 3 is 2.43 bits per heavy atom. The number of rotatable bonds is 0. The average molecular weight is 197 g/mol. The number of halogens is 2.